The molecule has 2 aromatic heterocycles. The van der Waals surface area contributed by atoms with Crippen molar-refractivity contribution >= 4 is 38.8 Å². The number of aromatic nitrogens is 2. The van der Waals surface area contributed by atoms with Crippen molar-refractivity contribution in [2.24, 2.45) is 0 Å². The highest BCUT2D eigenvalue weighted by molar-refractivity contribution is 7.20. The quantitative estimate of drug-likeness (QED) is 0.216. The predicted octanol–water partition coefficient (Wildman–Crippen LogP) is 5.28. The number of anilines is 1. The number of nitro benzene ring substituents is 1. The van der Waals surface area contributed by atoms with Crippen LogP contribution in [0, 0.1) is 22.9 Å². The summed E-state index contributed by atoms with van der Waals surface area (Å²) in [4.78, 5) is 23.8. The summed E-state index contributed by atoms with van der Waals surface area (Å²) in [5.41, 5.74) is 3.76. The maximum absolute atomic E-state index is 13.2. The number of benzene rings is 2. The van der Waals surface area contributed by atoms with E-state index in [9.17, 15) is 32.5 Å². The van der Waals surface area contributed by atoms with Crippen LogP contribution >= 0.6 is 11.3 Å². The first-order valence-electron chi connectivity index (χ1n) is 9.66. The SMILES string of the molecule is Cc1nn(Cc2ccc(F)cc2)c2sc(C(=O)NNc3ccc(C(F)(F)F)cc3[N+](=O)[O-])cc12. The van der Waals surface area contributed by atoms with Gasteiger partial charge in [0.2, 0.25) is 0 Å². The number of carbonyl (C=O) groups is 1. The number of amides is 1. The Bertz CT molecular complexity index is 1400. The molecule has 0 aliphatic heterocycles. The van der Waals surface area contributed by atoms with Crippen molar-refractivity contribution in [1.82, 2.24) is 15.2 Å². The van der Waals surface area contributed by atoms with Crippen molar-refractivity contribution in [2.45, 2.75) is 19.6 Å². The molecule has 0 fully saturated rings. The summed E-state index contributed by atoms with van der Waals surface area (Å²) >= 11 is 1.12. The molecule has 13 heteroatoms. The fraction of sp³-hybridized carbons (Fsp3) is 0.143. The molecular formula is C21H15F4N5O3S. The Balaban J connectivity index is 1.54. The molecule has 4 rings (SSSR count). The zero-order valence-electron chi connectivity index (χ0n) is 17.3. The molecule has 4 aromatic rings. The van der Waals surface area contributed by atoms with Gasteiger partial charge in [0.05, 0.1) is 27.6 Å². The summed E-state index contributed by atoms with van der Waals surface area (Å²) in [7, 11) is 0. The van der Waals surface area contributed by atoms with Gasteiger partial charge in [-0.15, -0.1) is 11.3 Å². The highest BCUT2D eigenvalue weighted by atomic mass is 32.1. The standard InChI is InChI=1S/C21H15F4N5O3S/c1-11-15-9-18(34-20(15)29(28-11)10-12-2-5-14(22)6-3-12)19(31)27-26-16-7-4-13(21(23,24)25)8-17(16)30(32)33/h2-9,26H,10H2,1H3,(H,27,31). The molecule has 0 aliphatic rings. The lowest BCUT2D eigenvalue weighted by Gasteiger charge is -2.11. The van der Waals surface area contributed by atoms with Crippen molar-refractivity contribution in [1.29, 1.82) is 0 Å². The maximum Gasteiger partial charge on any atom is 0.416 e. The molecule has 2 N–H and O–H groups in total. The van der Waals surface area contributed by atoms with E-state index in [1.54, 1.807) is 29.8 Å². The molecule has 0 spiro atoms. The van der Waals surface area contributed by atoms with E-state index in [2.05, 4.69) is 16.0 Å². The third-order valence-corrected chi connectivity index (χ3v) is 6.06. The number of thiophene rings is 1. The highest BCUT2D eigenvalue weighted by Crippen LogP contribution is 2.35. The Kier molecular flexibility index (Phi) is 5.96. The van der Waals surface area contributed by atoms with E-state index in [-0.39, 0.29) is 16.4 Å². The first-order valence-corrected chi connectivity index (χ1v) is 10.5. The molecule has 2 aromatic carbocycles. The van der Waals surface area contributed by atoms with Gasteiger partial charge in [0.1, 0.15) is 16.3 Å². The number of alkyl halides is 3. The number of carbonyl (C=O) groups excluding carboxylic acids is 1. The molecule has 1 amide bonds. The molecule has 0 saturated carbocycles. The lowest BCUT2D eigenvalue weighted by molar-refractivity contribution is -0.384. The van der Waals surface area contributed by atoms with Gasteiger partial charge in [-0.1, -0.05) is 12.1 Å². The van der Waals surface area contributed by atoms with E-state index in [0.29, 0.717) is 29.2 Å². The Labute approximate surface area is 192 Å². The number of fused-ring (bicyclic) bond motifs is 1. The van der Waals surface area contributed by atoms with Crippen LogP contribution in [0.5, 0.6) is 0 Å². The first kappa shape index (κ1) is 23.2. The fourth-order valence-corrected chi connectivity index (χ4v) is 4.30. The lowest BCUT2D eigenvalue weighted by Crippen LogP contribution is -2.29. The van der Waals surface area contributed by atoms with Crippen molar-refractivity contribution in [3.05, 3.63) is 86.2 Å². The highest BCUT2D eigenvalue weighted by Gasteiger charge is 2.33. The number of aryl methyl sites for hydroxylation is 1. The van der Waals surface area contributed by atoms with Crippen LogP contribution in [0.3, 0.4) is 0 Å². The van der Waals surface area contributed by atoms with E-state index in [0.717, 1.165) is 28.4 Å². The van der Waals surface area contributed by atoms with Crippen LogP contribution in [0.25, 0.3) is 10.2 Å². The second kappa shape index (κ2) is 8.74. The Morgan fingerprint density at radius 2 is 1.88 bits per heavy atom. The summed E-state index contributed by atoms with van der Waals surface area (Å²) in [5, 5.41) is 16.4. The number of hydrogen-bond donors (Lipinski definition) is 2. The van der Waals surface area contributed by atoms with Gasteiger partial charge in [0.25, 0.3) is 11.6 Å². The summed E-state index contributed by atoms with van der Waals surface area (Å²) in [6.45, 7) is 2.11. The molecule has 0 saturated heterocycles. The van der Waals surface area contributed by atoms with Crippen LogP contribution in [-0.2, 0) is 12.7 Å². The predicted molar refractivity (Wildman–Crippen MR) is 117 cm³/mol. The van der Waals surface area contributed by atoms with Crippen molar-refractivity contribution < 1.29 is 27.3 Å². The molecule has 0 aliphatic carbocycles. The Morgan fingerprint density at radius 3 is 2.53 bits per heavy atom. The minimum absolute atomic E-state index is 0.255. The van der Waals surface area contributed by atoms with Gasteiger partial charge in [0, 0.05) is 11.5 Å². The third-order valence-electron chi connectivity index (χ3n) is 4.91. The minimum atomic E-state index is -4.75. The molecule has 34 heavy (non-hydrogen) atoms. The maximum atomic E-state index is 13.2. The number of rotatable bonds is 6. The smallest absolute Gasteiger partial charge is 0.292 e. The normalized spacial score (nSPS) is 11.6. The van der Waals surface area contributed by atoms with Gasteiger partial charge in [-0.05, 0) is 42.8 Å². The number of hydrogen-bond acceptors (Lipinski definition) is 6. The van der Waals surface area contributed by atoms with Crippen LogP contribution in [0.2, 0.25) is 0 Å². The van der Waals surface area contributed by atoms with Gasteiger partial charge in [0.15, 0.2) is 0 Å². The van der Waals surface area contributed by atoms with E-state index in [1.807, 2.05) is 0 Å². The zero-order valence-corrected chi connectivity index (χ0v) is 18.1. The zero-order chi connectivity index (χ0) is 24.6. The number of nitrogens with one attached hydrogen (secondary N) is 2. The largest absolute Gasteiger partial charge is 0.416 e. The van der Waals surface area contributed by atoms with Gasteiger partial charge in [-0.3, -0.25) is 30.4 Å². The van der Waals surface area contributed by atoms with Crippen LogP contribution in [0.4, 0.5) is 28.9 Å². The molecule has 0 bridgehead atoms. The van der Waals surface area contributed by atoms with Crippen molar-refractivity contribution in [3.8, 4) is 0 Å². The lowest BCUT2D eigenvalue weighted by atomic mass is 10.1. The van der Waals surface area contributed by atoms with Gasteiger partial charge in [-0.25, -0.2) is 4.39 Å². The number of hydrazine groups is 1. The number of halogens is 4. The molecule has 2 heterocycles. The number of nitrogens with zero attached hydrogens (tertiary/aromatic N) is 3. The van der Waals surface area contributed by atoms with E-state index in [1.165, 1.54) is 12.1 Å². The minimum Gasteiger partial charge on any atom is -0.292 e. The van der Waals surface area contributed by atoms with Crippen LogP contribution in [0.15, 0.2) is 48.5 Å². The van der Waals surface area contributed by atoms with Gasteiger partial charge >= 0.3 is 6.18 Å². The molecule has 0 unspecified atom stereocenters. The van der Waals surface area contributed by atoms with Crippen LogP contribution in [-0.4, -0.2) is 20.6 Å². The average Bonchev–Trinajstić information content (AvgIpc) is 3.34. The van der Waals surface area contributed by atoms with Gasteiger partial charge < -0.3 is 0 Å². The molecule has 0 atom stereocenters. The second-order valence-electron chi connectivity index (χ2n) is 7.26. The summed E-state index contributed by atoms with van der Waals surface area (Å²) in [6.07, 6.45) is -4.75. The fourth-order valence-electron chi connectivity index (χ4n) is 3.24. The number of nitro groups is 1. The topological polar surface area (TPSA) is 102 Å². The molecule has 8 nitrogen and oxygen atoms in total. The van der Waals surface area contributed by atoms with E-state index >= 15 is 0 Å². The summed E-state index contributed by atoms with van der Waals surface area (Å²) < 4.78 is 53.4. The van der Waals surface area contributed by atoms with Crippen LogP contribution in [0.1, 0.15) is 26.5 Å². The van der Waals surface area contributed by atoms with Gasteiger partial charge in [-0.2, -0.15) is 18.3 Å². The molecule has 176 valence electrons. The van der Waals surface area contributed by atoms with Crippen molar-refractivity contribution in [2.75, 3.05) is 5.43 Å². The summed E-state index contributed by atoms with van der Waals surface area (Å²) in [5.74, 6) is -0.996. The summed E-state index contributed by atoms with van der Waals surface area (Å²) in [6, 6.07) is 9.46. The average molecular weight is 493 g/mol. The van der Waals surface area contributed by atoms with E-state index < -0.39 is 28.3 Å². The van der Waals surface area contributed by atoms with Crippen molar-refractivity contribution in [3.63, 3.8) is 0 Å². The second-order valence-corrected chi connectivity index (χ2v) is 8.30. The van der Waals surface area contributed by atoms with E-state index in [4.69, 9.17) is 0 Å². The Morgan fingerprint density at radius 1 is 1.18 bits per heavy atom. The molecule has 0 radical (unpaired) electrons. The Hall–Kier alpha value is -4.00. The monoisotopic (exact) mass is 493 g/mol. The van der Waals surface area contributed by atoms with Crippen LogP contribution < -0.4 is 10.9 Å². The first-order chi connectivity index (χ1) is 16.0. The molecular weight excluding hydrogens is 478 g/mol. The third kappa shape index (κ3) is 4.69.